The molecule has 1 saturated heterocycles. The average Bonchev–Trinajstić information content (AvgIpc) is 2.71. The zero-order chi connectivity index (χ0) is 19.9. The summed E-state index contributed by atoms with van der Waals surface area (Å²) >= 11 is 0. The number of carbonyl (C=O) groups is 2. The average molecular weight is 381 g/mol. The Morgan fingerprint density at radius 1 is 1.25 bits per heavy atom. The molecule has 0 bridgehead atoms. The molecule has 1 atom stereocenters. The zero-order valence-corrected chi connectivity index (χ0v) is 16.3. The molecule has 3 rings (SSSR count). The summed E-state index contributed by atoms with van der Waals surface area (Å²) in [6, 6.07) is 11.7. The minimum absolute atomic E-state index is 0.0235. The van der Waals surface area contributed by atoms with Crippen LogP contribution in [-0.4, -0.2) is 51.2 Å². The van der Waals surface area contributed by atoms with E-state index in [1.165, 1.54) is 0 Å². The highest BCUT2D eigenvalue weighted by molar-refractivity contribution is 5.78. The normalized spacial score (nSPS) is 16.6. The van der Waals surface area contributed by atoms with Crippen LogP contribution in [0.2, 0.25) is 0 Å². The van der Waals surface area contributed by atoms with E-state index in [9.17, 15) is 9.59 Å². The Hall–Kier alpha value is -2.96. The van der Waals surface area contributed by atoms with Gasteiger partial charge in [-0.25, -0.2) is 9.97 Å². The van der Waals surface area contributed by atoms with E-state index < -0.39 is 0 Å². The summed E-state index contributed by atoms with van der Waals surface area (Å²) in [6.07, 6.45) is 3.90. The summed E-state index contributed by atoms with van der Waals surface area (Å²) in [5.41, 5.74) is 7.64. The van der Waals surface area contributed by atoms with Gasteiger partial charge in [-0.15, -0.1) is 0 Å². The largest absolute Gasteiger partial charge is 0.368 e. The zero-order valence-electron chi connectivity index (χ0n) is 16.3. The molecule has 148 valence electrons. The number of hydrogen-bond donors (Lipinski definition) is 1. The van der Waals surface area contributed by atoms with Crippen molar-refractivity contribution >= 4 is 17.8 Å². The summed E-state index contributed by atoms with van der Waals surface area (Å²) in [4.78, 5) is 36.6. The maximum absolute atomic E-state index is 12.8. The molecule has 2 amide bonds. The van der Waals surface area contributed by atoms with Gasteiger partial charge in [-0.2, -0.15) is 0 Å². The van der Waals surface area contributed by atoms with Crippen molar-refractivity contribution in [2.75, 3.05) is 25.4 Å². The minimum Gasteiger partial charge on any atom is -0.368 e. The van der Waals surface area contributed by atoms with Crippen LogP contribution < -0.4 is 5.73 Å². The number of carbonyl (C=O) groups excluding carboxylic acids is 2. The Morgan fingerprint density at radius 2 is 2.04 bits per heavy atom. The van der Waals surface area contributed by atoms with Crippen molar-refractivity contribution in [1.29, 1.82) is 0 Å². The lowest BCUT2D eigenvalue weighted by Gasteiger charge is -2.33. The van der Waals surface area contributed by atoms with Crippen LogP contribution in [0, 0.1) is 0 Å². The number of piperidine rings is 1. The number of hydrogen-bond acceptors (Lipinski definition) is 5. The lowest BCUT2D eigenvalue weighted by atomic mass is 9.94. The number of aromatic nitrogens is 2. The fraction of sp³-hybridized carbons (Fsp3) is 0.429. The number of rotatable bonds is 6. The Morgan fingerprint density at radius 3 is 2.75 bits per heavy atom. The van der Waals surface area contributed by atoms with E-state index >= 15 is 0 Å². The summed E-state index contributed by atoms with van der Waals surface area (Å²) in [5.74, 6) is 0.492. The number of nitrogens with two attached hydrogens (primary N) is 1. The maximum Gasteiger partial charge on any atom is 0.224 e. The van der Waals surface area contributed by atoms with E-state index in [4.69, 9.17) is 5.73 Å². The molecule has 0 saturated carbocycles. The molecule has 1 aliphatic heterocycles. The van der Waals surface area contributed by atoms with Crippen LogP contribution in [0.4, 0.5) is 5.95 Å². The van der Waals surface area contributed by atoms with Gasteiger partial charge in [0.15, 0.2) is 0 Å². The number of nitrogens with zero attached hydrogens (tertiary/aromatic N) is 4. The molecule has 0 aliphatic carbocycles. The molecule has 1 aliphatic rings. The number of benzene rings is 1. The first-order valence-electron chi connectivity index (χ1n) is 9.68. The van der Waals surface area contributed by atoms with E-state index in [1.54, 1.807) is 18.0 Å². The molecule has 2 heterocycles. The van der Waals surface area contributed by atoms with Crippen molar-refractivity contribution in [3.8, 4) is 0 Å². The fourth-order valence-corrected chi connectivity index (χ4v) is 3.60. The first kappa shape index (κ1) is 19.8. The topological polar surface area (TPSA) is 92.4 Å². The van der Waals surface area contributed by atoms with Gasteiger partial charge < -0.3 is 15.5 Å². The second-order valence-corrected chi connectivity index (χ2v) is 7.19. The monoisotopic (exact) mass is 381 g/mol. The van der Waals surface area contributed by atoms with Gasteiger partial charge in [0.2, 0.25) is 17.8 Å². The molecule has 7 heteroatoms. The van der Waals surface area contributed by atoms with Gasteiger partial charge in [0.25, 0.3) is 0 Å². The van der Waals surface area contributed by atoms with E-state index in [-0.39, 0.29) is 23.7 Å². The Kier molecular flexibility index (Phi) is 6.57. The Bertz CT molecular complexity index is 811. The second kappa shape index (κ2) is 9.30. The highest BCUT2D eigenvalue weighted by atomic mass is 16.2. The molecule has 28 heavy (non-hydrogen) atoms. The third-order valence-corrected chi connectivity index (χ3v) is 5.15. The first-order chi connectivity index (χ1) is 13.5. The summed E-state index contributed by atoms with van der Waals surface area (Å²) in [6.45, 7) is 3.86. The van der Waals surface area contributed by atoms with Gasteiger partial charge in [0, 0.05) is 51.6 Å². The van der Waals surface area contributed by atoms with Crippen LogP contribution in [0.1, 0.15) is 43.4 Å². The van der Waals surface area contributed by atoms with Crippen LogP contribution in [0.15, 0.2) is 42.6 Å². The minimum atomic E-state index is -0.0235. The molecule has 1 aromatic carbocycles. The molecule has 7 nitrogen and oxygen atoms in total. The number of nitrogen functional groups attached to an aromatic ring is 1. The van der Waals surface area contributed by atoms with E-state index in [1.807, 2.05) is 41.3 Å². The third kappa shape index (κ3) is 5.28. The fourth-order valence-electron chi connectivity index (χ4n) is 3.60. The van der Waals surface area contributed by atoms with Gasteiger partial charge in [-0.3, -0.25) is 9.59 Å². The molecule has 2 N–H and O–H groups in total. The van der Waals surface area contributed by atoms with E-state index in [0.717, 1.165) is 30.6 Å². The highest BCUT2D eigenvalue weighted by Crippen LogP contribution is 2.26. The van der Waals surface area contributed by atoms with E-state index in [2.05, 4.69) is 9.97 Å². The van der Waals surface area contributed by atoms with Crippen molar-refractivity contribution in [3.63, 3.8) is 0 Å². The van der Waals surface area contributed by atoms with E-state index in [0.29, 0.717) is 26.1 Å². The smallest absolute Gasteiger partial charge is 0.224 e. The van der Waals surface area contributed by atoms with Crippen molar-refractivity contribution in [3.05, 3.63) is 53.9 Å². The SMILES string of the molecule is CC(=O)N(CCC(=O)N1CCC[C@@H](c2ccnc(N)n2)C1)Cc1ccccc1. The lowest BCUT2D eigenvalue weighted by molar-refractivity contribution is -0.134. The molecular formula is C21H27N5O2. The molecule has 1 fully saturated rings. The lowest BCUT2D eigenvalue weighted by Crippen LogP contribution is -2.41. The Labute approximate surface area is 165 Å². The van der Waals surface area contributed by atoms with Gasteiger partial charge in [0.05, 0.1) is 5.69 Å². The summed E-state index contributed by atoms with van der Waals surface area (Å²) in [7, 11) is 0. The van der Waals surface area contributed by atoms with Crippen molar-refractivity contribution in [1.82, 2.24) is 19.8 Å². The predicted molar refractivity (Wildman–Crippen MR) is 107 cm³/mol. The first-order valence-corrected chi connectivity index (χ1v) is 9.68. The van der Waals surface area contributed by atoms with Crippen LogP contribution >= 0.6 is 0 Å². The molecule has 0 radical (unpaired) electrons. The standard InChI is InChI=1S/C21H27N5O2/c1-16(27)25(14-17-6-3-2-4-7-17)13-10-20(28)26-12-5-8-18(15-26)19-9-11-23-21(22)24-19/h2-4,6-7,9,11,18H,5,8,10,12-15H2,1H3,(H2,22,23,24)/t18-/m1/s1. The maximum atomic E-state index is 12.8. The van der Waals surface area contributed by atoms with Gasteiger partial charge >= 0.3 is 0 Å². The number of likely N-dealkylation sites (tertiary alicyclic amines) is 1. The third-order valence-electron chi connectivity index (χ3n) is 5.15. The molecular weight excluding hydrogens is 354 g/mol. The molecule has 0 spiro atoms. The Balaban J connectivity index is 1.56. The van der Waals surface area contributed by atoms with Gasteiger partial charge in [-0.05, 0) is 24.5 Å². The predicted octanol–water partition coefficient (Wildman–Crippen LogP) is 2.20. The van der Waals surface area contributed by atoms with Gasteiger partial charge in [-0.1, -0.05) is 30.3 Å². The highest BCUT2D eigenvalue weighted by Gasteiger charge is 2.26. The summed E-state index contributed by atoms with van der Waals surface area (Å²) in [5, 5.41) is 0. The van der Waals surface area contributed by atoms with Crippen LogP contribution in [0.3, 0.4) is 0 Å². The number of amides is 2. The van der Waals surface area contributed by atoms with Crippen LogP contribution in [0.25, 0.3) is 0 Å². The van der Waals surface area contributed by atoms with Crippen LogP contribution in [0.5, 0.6) is 0 Å². The van der Waals surface area contributed by atoms with Crippen LogP contribution in [-0.2, 0) is 16.1 Å². The van der Waals surface area contributed by atoms with Crippen molar-refractivity contribution in [2.45, 2.75) is 38.6 Å². The molecule has 1 aromatic heterocycles. The quantitative estimate of drug-likeness (QED) is 0.828. The van der Waals surface area contributed by atoms with Gasteiger partial charge in [0.1, 0.15) is 0 Å². The summed E-state index contributed by atoms with van der Waals surface area (Å²) < 4.78 is 0. The second-order valence-electron chi connectivity index (χ2n) is 7.19. The molecule has 0 unspecified atom stereocenters. The van der Waals surface area contributed by atoms with Crippen molar-refractivity contribution in [2.24, 2.45) is 0 Å². The van der Waals surface area contributed by atoms with Crippen molar-refractivity contribution < 1.29 is 9.59 Å². The molecule has 2 aromatic rings. The number of anilines is 1.